The van der Waals surface area contributed by atoms with Gasteiger partial charge in [0.1, 0.15) is 0 Å². The number of amides is 1. The molecule has 0 bridgehead atoms. The van der Waals surface area contributed by atoms with Gasteiger partial charge in [0.15, 0.2) is 5.78 Å². The molecule has 0 radical (unpaired) electrons. The zero-order valence-electron chi connectivity index (χ0n) is 19.5. The molecule has 0 saturated carbocycles. The number of aromatic nitrogens is 1. The highest BCUT2D eigenvalue weighted by molar-refractivity contribution is 7.89. The van der Waals surface area contributed by atoms with Crippen molar-refractivity contribution in [3.05, 3.63) is 59.9 Å². The normalized spacial score (nSPS) is 18.7. The molecule has 10 heteroatoms. The third kappa shape index (κ3) is 5.87. The van der Waals surface area contributed by atoms with Gasteiger partial charge < -0.3 is 4.90 Å². The maximum atomic E-state index is 12.9. The van der Waals surface area contributed by atoms with Crippen molar-refractivity contribution < 1.29 is 18.0 Å². The van der Waals surface area contributed by atoms with E-state index in [0.717, 1.165) is 38.4 Å². The first-order chi connectivity index (χ1) is 16.3. The van der Waals surface area contributed by atoms with E-state index in [-0.39, 0.29) is 29.7 Å². The largest absolute Gasteiger partial charge is 0.339 e. The van der Waals surface area contributed by atoms with Crippen LogP contribution in [-0.4, -0.2) is 103 Å². The van der Waals surface area contributed by atoms with Gasteiger partial charge in [-0.25, -0.2) is 8.42 Å². The van der Waals surface area contributed by atoms with Crippen LogP contribution in [0.2, 0.25) is 0 Å². The van der Waals surface area contributed by atoms with Crippen molar-refractivity contribution in [1.29, 1.82) is 0 Å². The lowest BCUT2D eigenvalue weighted by Gasteiger charge is -2.37. The van der Waals surface area contributed by atoms with Crippen LogP contribution in [0.3, 0.4) is 0 Å². The Hall–Kier alpha value is -2.66. The van der Waals surface area contributed by atoms with Crippen molar-refractivity contribution in [3.63, 3.8) is 0 Å². The topological polar surface area (TPSA) is 94.1 Å². The van der Waals surface area contributed by atoms with E-state index in [1.54, 1.807) is 11.1 Å². The molecule has 3 heterocycles. The Kier molecular flexibility index (Phi) is 7.72. The lowest BCUT2D eigenvalue weighted by Crippen LogP contribution is -2.54. The molecule has 9 nitrogen and oxygen atoms in total. The van der Waals surface area contributed by atoms with Crippen LogP contribution in [0.4, 0.5) is 0 Å². The van der Waals surface area contributed by atoms with E-state index in [1.165, 1.54) is 35.5 Å². The van der Waals surface area contributed by atoms with Gasteiger partial charge in [-0.15, -0.1) is 0 Å². The summed E-state index contributed by atoms with van der Waals surface area (Å²) in [5.41, 5.74) is 1.53. The third-order valence-corrected chi connectivity index (χ3v) is 8.34. The molecule has 0 aliphatic carbocycles. The number of carbonyl (C=O) groups is 2. The van der Waals surface area contributed by atoms with E-state index in [0.29, 0.717) is 25.2 Å². The van der Waals surface area contributed by atoms with Gasteiger partial charge in [0.25, 0.3) is 0 Å². The van der Waals surface area contributed by atoms with Gasteiger partial charge in [0.2, 0.25) is 15.9 Å². The summed E-state index contributed by atoms with van der Waals surface area (Å²) in [7, 11) is -3.65. The van der Waals surface area contributed by atoms with Gasteiger partial charge in [-0.3, -0.25) is 24.4 Å². The third-order valence-electron chi connectivity index (χ3n) is 6.43. The Morgan fingerprint density at radius 3 is 2.09 bits per heavy atom. The molecule has 0 atom stereocenters. The number of carbonyl (C=O) groups excluding carboxylic acids is 2. The smallest absolute Gasteiger partial charge is 0.243 e. The molecule has 4 rings (SSSR count). The second kappa shape index (κ2) is 10.7. The van der Waals surface area contributed by atoms with Crippen LogP contribution in [0.15, 0.2) is 53.6 Å². The van der Waals surface area contributed by atoms with Crippen molar-refractivity contribution in [3.8, 4) is 0 Å². The summed E-state index contributed by atoms with van der Waals surface area (Å²) < 4.78 is 27.3. The Bertz CT molecular complexity index is 1090. The number of benzene rings is 1. The van der Waals surface area contributed by atoms with Crippen LogP contribution in [0, 0.1) is 0 Å². The van der Waals surface area contributed by atoms with Gasteiger partial charge in [0.05, 0.1) is 17.1 Å². The summed E-state index contributed by atoms with van der Waals surface area (Å²) in [6.45, 7) is 7.32. The van der Waals surface area contributed by atoms with Crippen molar-refractivity contribution >= 4 is 21.7 Å². The highest BCUT2D eigenvalue weighted by Gasteiger charge is 2.31. The summed E-state index contributed by atoms with van der Waals surface area (Å²) in [4.78, 5) is 35.1. The minimum absolute atomic E-state index is 0.0426. The number of rotatable bonds is 7. The molecule has 1 aromatic heterocycles. The number of sulfonamides is 1. The predicted molar refractivity (Wildman–Crippen MR) is 128 cm³/mol. The predicted octanol–water partition coefficient (Wildman–Crippen LogP) is 0.935. The monoisotopic (exact) mass is 485 g/mol. The first kappa shape index (κ1) is 24.5. The van der Waals surface area contributed by atoms with E-state index in [1.807, 2.05) is 18.2 Å². The molecule has 2 aliphatic heterocycles. The number of piperazine rings is 2. The molecular weight excluding hydrogens is 454 g/mol. The van der Waals surface area contributed by atoms with Gasteiger partial charge in [-0.1, -0.05) is 18.2 Å². The van der Waals surface area contributed by atoms with Gasteiger partial charge in [-0.2, -0.15) is 4.31 Å². The average molecular weight is 486 g/mol. The zero-order chi connectivity index (χ0) is 24.1. The number of hydrogen-bond donors (Lipinski definition) is 0. The number of Topliss-reactive ketones (excluding diaryl/α,β-unsaturated/α-hetero) is 1. The van der Waals surface area contributed by atoms with Crippen molar-refractivity contribution in [2.45, 2.75) is 18.4 Å². The van der Waals surface area contributed by atoms with Crippen LogP contribution in [0.5, 0.6) is 0 Å². The summed E-state index contributed by atoms with van der Waals surface area (Å²) >= 11 is 0. The molecule has 34 heavy (non-hydrogen) atoms. The molecule has 1 aromatic carbocycles. The van der Waals surface area contributed by atoms with Crippen molar-refractivity contribution in [1.82, 2.24) is 24.0 Å². The van der Waals surface area contributed by atoms with Gasteiger partial charge >= 0.3 is 0 Å². The summed E-state index contributed by atoms with van der Waals surface area (Å²) in [5.74, 6) is -0.0632. The Labute approximate surface area is 201 Å². The van der Waals surface area contributed by atoms with Crippen LogP contribution in [0.25, 0.3) is 0 Å². The van der Waals surface area contributed by atoms with Crippen LogP contribution in [-0.2, 0) is 21.4 Å². The molecule has 182 valence electrons. The molecule has 1 amide bonds. The standard InChI is InChI=1S/C24H31N5O4S/c1-20(30)21-5-7-23(8-6-21)34(32,33)29-16-14-28(15-17-29)24(31)19-27-12-10-26(11-13-27)18-22-4-2-3-9-25-22/h2-9H,10-19H2,1H3. The van der Waals surface area contributed by atoms with E-state index in [2.05, 4.69) is 14.8 Å². The second-order valence-electron chi connectivity index (χ2n) is 8.74. The fraction of sp³-hybridized carbons (Fsp3) is 0.458. The molecule has 2 aromatic rings. The Morgan fingerprint density at radius 1 is 0.853 bits per heavy atom. The van der Waals surface area contributed by atoms with E-state index in [9.17, 15) is 18.0 Å². The molecule has 2 fully saturated rings. The summed E-state index contributed by atoms with van der Waals surface area (Å²) in [6, 6.07) is 11.9. The number of pyridine rings is 1. The van der Waals surface area contributed by atoms with Gasteiger partial charge in [-0.05, 0) is 31.2 Å². The highest BCUT2D eigenvalue weighted by atomic mass is 32.2. The summed E-state index contributed by atoms with van der Waals surface area (Å²) in [5, 5.41) is 0. The average Bonchev–Trinajstić information content (AvgIpc) is 2.86. The van der Waals surface area contributed by atoms with Crippen LogP contribution in [0.1, 0.15) is 23.0 Å². The number of hydrogen-bond acceptors (Lipinski definition) is 7. The first-order valence-electron chi connectivity index (χ1n) is 11.6. The van der Waals surface area contributed by atoms with E-state index in [4.69, 9.17) is 0 Å². The molecule has 2 aliphatic rings. The lowest BCUT2D eigenvalue weighted by molar-refractivity contribution is -0.134. The van der Waals surface area contributed by atoms with E-state index >= 15 is 0 Å². The Morgan fingerprint density at radius 2 is 1.50 bits per heavy atom. The maximum Gasteiger partial charge on any atom is 0.243 e. The fourth-order valence-corrected chi connectivity index (χ4v) is 5.73. The minimum Gasteiger partial charge on any atom is -0.339 e. The molecular formula is C24H31N5O4S. The molecule has 0 N–H and O–H groups in total. The molecule has 0 spiro atoms. The zero-order valence-corrected chi connectivity index (χ0v) is 20.3. The second-order valence-corrected chi connectivity index (χ2v) is 10.7. The Balaban J connectivity index is 1.23. The lowest BCUT2D eigenvalue weighted by atomic mass is 10.2. The maximum absolute atomic E-state index is 12.9. The SMILES string of the molecule is CC(=O)c1ccc(S(=O)(=O)N2CCN(C(=O)CN3CCN(Cc4ccccn4)CC3)CC2)cc1. The minimum atomic E-state index is -3.65. The van der Waals surface area contributed by atoms with E-state index < -0.39 is 10.0 Å². The number of nitrogens with zero attached hydrogens (tertiary/aromatic N) is 5. The van der Waals surface area contributed by atoms with Crippen LogP contribution >= 0.6 is 0 Å². The number of ketones is 1. The van der Waals surface area contributed by atoms with Crippen molar-refractivity contribution in [2.75, 3.05) is 58.9 Å². The summed E-state index contributed by atoms with van der Waals surface area (Å²) in [6.07, 6.45) is 1.80. The first-order valence-corrected chi connectivity index (χ1v) is 13.0. The highest BCUT2D eigenvalue weighted by Crippen LogP contribution is 2.19. The van der Waals surface area contributed by atoms with Gasteiger partial charge in [0, 0.05) is 70.7 Å². The fourth-order valence-electron chi connectivity index (χ4n) is 4.31. The van der Waals surface area contributed by atoms with Crippen molar-refractivity contribution in [2.24, 2.45) is 0 Å². The molecule has 2 saturated heterocycles. The molecule has 0 unspecified atom stereocenters. The van der Waals surface area contributed by atoms with Crippen LogP contribution < -0.4 is 0 Å². The quantitative estimate of drug-likeness (QED) is 0.539.